The summed E-state index contributed by atoms with van der Waals surface area (Å²) < 4.78 is 1.58. The molecule has 0 amide bonds. The van der Waals surface area contributed by atoms with Crippen molar-refractivity contribution < 1.29 is 5.11 Å². The van der Waals surface area contributed by atoms with Gasteiger partial charge >= 0.3 is 5.69 Å². The van der Waals surface area contributed by atoms with E-state index in [0.717, 1.165) is 0 Å². The molecule has 2 heterocycles. The lowest BCUT2D eigenvalue weighted by molar-refractivity contribution is 0.192. The molecule has 6 heteroatoms. The normalized spacial score (nSPS) is 27.0. The van der Waals surface area contributed by atoms with Crippen LogP contribution in [0.4, 0.5) is 0 Å². The molecule has 14 heavy (non-hydrogen) atoms. The predicted molar refractivity (Wildman–Crippen MR) is 49.9 cm³/mol. The fourth-order valence-electron chi connectivity index (χ4n) is 1.82. The van der Waals surface area contributed by atoms with Gasteiger partial charge in [0.15, 0.2) is 5.82 Å². The zero-order valence-corrected chi connectivity index (χ0v) is 8.03. The van der Waals surface area contributed by atoms with Crippen molar-refractivity contribution in [2.75, 3.05) is 6.54 Å². The van der Waals surface area contributed by atoms with E-state index < -0.39 is 0 Å². The Morgan fingerprint density at radius 1 is 1.71 bits per heavy atom. The Morgan fingerprint density at radius 2 is 2.50 bits per heavy atom. The van der Waals surface area contributed by atoms with E-state index in [0.29, 0.717) is 25.3 Å². The highest BCUT2D eigenvalue weighted by atomic mass is 16.3. The summed E-state index contributed by atoms with van der Waals surface area (Å²) in [6.07, 6.45) is 0.279. The molecule has 0 saturated carbocycles. The maximum atomic E-state index is 11.3. The Kier molecular flexibility index (Phi) is 2.39. The summed E-state index contributed by atoms with van der Waals surface area (Å²) in [6, 6.07) is -0.0103. The molecule has 6 nitrogen and oxygen atoms in total. The molecule has 0 radical (unpaired) electrons. The fourth-order valence-corrected chi connectivity index (χ4v) is 1.82. The van der Waals surface area contributed by atoms with Crippen LogP contribution in [0.25, 0.3) is 0 Å². The van der Waals surface area contributed by atoms with E-state index in [9.17, 15) is 9.90 Å². The summed E-state index contributed by atoms with van der Waals surface area (Å²) in [5.74, 6) is 0.689. The van der Waals surface area contributed by atoms with E-state index in [1.807, 2.05) is 6.92 Å². The third-order valence-corrected chi connectivity index (χ3v) is 2.52. The van der Waals surface area contributed by atoms with Gasteiger partial charge in [0.2, 0.25) is 0 Å². The lowest BCUT2D eigenvalue weighted by Crippen LogP contribution is -2.23. The van der Waals surface area contributed by atoms with Crippen molar-refractivity contribution in [1.29, 1.82) is 0 Å². The number of aromatic amines is 1. The molecule has 0 aliphatic carbocycles. The SMILES string of the molecule is CCn1c([C@@H]2C[C@@H](O)CN2)n[nH]c1=O. The van der Waals surface area contributed by atoms with E-state index in [4.69, 9.17) is 0 Å². The fraction of sp³-hybridized carbons (Fsp3) is 0.750. The van der Waals surface area contributed by atoms with Gasteiger partial charge < -0.3 is 10.4 Å². The maximum absolute atomic E-state index is 11.3. The molecule has 2 atom stereocenters. The van der Waals surface area contributed by atoms with Crippen LogP contribution in [0.3, 0.4) is 0 Å². The van der Waals surface area contributed by atoms with Gasteiger partial charge in [0.25, 0.3) is 0 Å². The molecule has 3 N–H and O–H groups in total. The van der Waals surface area contributed by atoms with Gasteiger partial charge in [0.1, 0.15) is 0 Å². The second-order valence-electron chi connectivity index (χ2n) is 3.48. The molecular formula is C8H14N4O2. The quantitative estimate of drug-likeness (QED) is 0.568. The van der Waals surface area contributed by atoms with Crippen LogP contribution in [0.5, 0.6) is 0 Å². The van der Waals surface area contributed by atoms with E-state index >= 15 is 0 Å². The van der Waals surface area contributed by atoms with Crippen molar-refractivity contribution in [3.8, 4) is 0 Å². The number of nitrogens with one attached hydrogen (secondary N) is 2. The first-order valence-electron chi connectivity index (χ1n) is 4.79. The van der Waals surface area contributed by atoms with Crippen LogP contribution in [0.2, 0.25) is 0 Å². The van der Waals surface area contributed by atoms with Crippen molar-refractivity contribution in [2.45, 2.75) is 32.0 Å². The lowest BCUT2D eigenvalue weighted by Gasteiger charge is -2.09. The van der Waals surface area contributed by atoms with Crippen LogP contribution in [-0.2, 0) is 6.54 Å². The van der Waals surface area contributed by atoms with Crippen LogP contribution < -0.4 is 11.0 Å². The average molecular weight is 198 g/mol. The zero-order valence-electron chi connectivity index (χ0n) is 8.03. The lowest BCUT2D eigenvalue weighted by atomic mass is 10.2. The van der Waals surface area contributed by atoms with Crippen LogP contribution in [-0.4, -0.2) is 32.5 Å². The monoisotopic (exact) mass is 198 g/mol. The summed E-state index contributed by atoms with van der Waals surface area (Å²) in [6.45, 7) is 3.06. The van der Waals surface area contributed by atoms with Crippen molar-refractivity contribution in [3.05, 3.63) is 16.3 Å². The number of aliphatic hydroxyl groups is 1. The van der Waals surface area contributed by atoms with E-state index in [1.165, 1.54) is 0 Å². The van der Waals surface area contributed by atoms with Crippen molar-refractivity contribution in [1.82, 2.24) is 20.1 Å². The van der Waals surface area contributed by atoms with Gasteiger partial charge in [0, 0.05) is 13.1 Å². The van der Waals surface area contributed by atoms with Gasteiger partial charge in [-0.2, -0.15) is 5.10 Å². The number of hydrogen-bond acceptors (Lipinski definition) is 4. The van der Waals surface area contributed by atoms with Crippen molar-refractivity contribution >= 4 is 0 Å². The second kappa shape index (κ2) is 3.55. The first-order chi connectivity index (χ1) is 6.72. The molecular weight excluding hydrogens is 184 g/mol. The van der Waals surface area contributed by atoms with Gasteiger partial charge in [-0.15, -0.1) is 0 Å². The number of nitrogens with zero attached hydrogens (tertiary/aromatic N) is 2. The number of aromatic nitrogens is 3. The Labute approximate surface area is 80.9 Å². The number of rotatable bonds is 2. The molecule has 2 rings (SSSR count). The first-order valence-corrected chi connectivity index (χ1v) is 4.79. The topological polar surface area (TPSA) is 82.9 Å². The predicted octanol–water partition coefficient (Wildman–Crippen LogP) is -1.01. The van der Waals surface area contributed by atoms with Gasteiger partial charge in [-0.05, 0) is 13.3 Å². The summed E-state index contributed by atoms with van der Waals surface area (Å²) in [4.78, 5) is 11.3. The molecule has 0 spiro atoms. The first kappa shape index (κ1) is 9.42. The Bertz CT molecular complexity index is 370. The van der Waals surface area contributed by atoms with Gasteiger partial charge in [-0.3, -0.25) is 4.57 Å². The third kappa shape index (κ3) is 1.46. The highest BCUT2D eigenvalue weighted by Gasteiger charge is 2.27. The molecule has 1 fully saturated rings. The summed E-state index contributed by atoms with van der Waals surface area (Å²) in [5.41, 5.74) is -0.189. The second-order valence-corrected chi connectivity index (χ2v) is 3.48. The van der Waals surface area contributed by atoms with Gasteiger partial charge in [-0.1, -0.05) is 0 Å². The Hall–Kier alpha value is -1.14. The Balaban J connectivity index is 2.28. The van der Waals surface area contributed by atoms with E-state index in [1.54, 1.807) is 4.57 Å². The van der Waals surface area contributed by atoms with Crippen molar-refractivity contribution in [3.63, 3.8) is 0 Å². The number of hydrogen-bond donors (Lipinski definition) is 3. The largest absolute Gasteiger partial charge is 0.392 e. The molecule has 0 unspecified atom stereocenters. The number of β-amino-alcohol motifs (C(OH)–C–C–N with tert-alkyl or cyclic N) is 1. The molecule has 1 aliphatic rings. The molecule has 1 aliphatic heterocycles. The highest BCUT2D eigenvalue weighted by molar-refractivity contribution is 4.99. The smallest absolute Gasteiger partial charge is 0.343 e. The standard InChI is InChI=1S/C8H14N4O2/c1-2-12-7(10-11-8(12)14)6-3-5(13)4-9-6/h5-6,9,13H,2-4H2,1H3,(H,11,14)/t5-,6+/m1/s1. The highest BCUT2D eigenvalue weighted by Crippen LogP contribution is 2.20. The number of H-pyrrole nitrogens is 1. The molecule has 78 valence electrons. The van der Waals surface area contributed by atoms with E-state index in [-0.39, 0.29) is 17.8 Å². The van der Waals surface area contributed by atoms with Crippen molar-refractivity contribution in [2.24, 2.45) is 0 Å². The number of aliphatic hydroxyl groups excluding tert-OH is 1. The minimum Gasteiger partial charge on any atom is -0.392 e. The summed E-state index contributed by atoms with van der Waals surface area (Å²) in [5, 5.41) is 18.8. The summed E-state index contributed by atoms with van der Waals surface area (Å²) >= 11 is 0. The van der Waals surface area contributed by atoms with Gasteiger partial charge in [0.05, 0.1) is 12.1 Å². The van der Waals surface area contributed by atoms with Gasteiger partial charge in [-0.25, -0.2) is 9.89 Å². The van der Waals surface area contributed by atoms with Crippen LogP contribution in [0, 0.1) is 0 Å². The zero-order chi connectivity index (χ0) is 10.1. The molecule has 1 aromatic heterocycles. The van der Waals surface area contributed by atoms with Crippen LogP contribution >= 0.6 is 0 Å². The molecule has 1 aromatic rings. The maximum Gasteiger partial charge on any atom is 0.343 e. The molecule has 0 bridgehead atoms. The Morgan fingerprint density at radius 3 is 3.07 bits per heavy atom. The minimum atomic E-state index is -0.336. The van der Waals surface area contributed by atoms with E-state index in [2.05, 4.69) is 15.5 Å². The molecule has 1 saturated heterocycles. The average Bonchev–Trinajstić information content (AvgIpc) is 2.71. The van der Waals surface area contributed by atoms with Crippen LogP contribution in [0.1, 0.15) is 25.2 Å². The molecule has 0 aromatic carbocycles. The minimum absolute atomic E-state index is 0.0103. The van der Waals surface area contributed by atoms with Crippen LogP contribution in [0.15, 0.2) is 4.79 Å². The third-order valence-electron chi connectivity index (χ3n) is 2.52. The summed E-state index contributed by atoms with van der Waals surface area (Å²) in [7, 11) is 0.